The van der Waals surface area contributed by atoms with Crippen molar-refractivity contribution in [2.45, 2.75) is 256 Å². The summed E-state index contributed by atoms with van der Waals surface area (Å²) in [6.07, 6.45) is 4.36. The Labute approximate surface area is 621 Å². The van der Waals surface area contributed by atoms with Crippen molar-refractivity contribution < 1.29 is 80.2 Å². The van der Waals surface area contributed by atoms with Crippen LogP contribution in [0.4, 0.5) is 13.2 Å². The van der Waals surface area contributed by atoms with Crippen molar-refractivity contribution in [1.29, 1.82) is 0 Å². The van der Waals surface area contributed by atoms with Gasteiger partial charge in [0.25, 0.3) is 0 Å². The van der Waals surface area contributed by atoms with Crippen molar-refractivity contribution in [3.63, 3.8) is 0 Å². The summed E-state index contributed by atoms with van der Waals surface area (Å²) in [5.74, 6) is -10.7. The number of hydrogen-bond acceptors (Lipinski definition) is 14. The topological polar surface area (TPSA) is 289 Å². The summed E-state index contributed by atoms with van der Waals surface area (Å²) in [6.45, 7) is 11.9. The van der Waals surface area contributed by atoms with Gasteiger partial charge in [0.15, 0.2) is 0 Å². The van der Waals surface area contributed by atoms with Crippen molar-refractivity contribution in [3.8, 4) is 0 Å². The lowest BCUT2D eigenvalue weighted by molar-refractivity contribution is -0.215. The van der Waals surface area contributed by atoms with Crippen molar-refractivity contribution in [3.05, 3.63) is 12.2 Å². The van der Waals surface area contributed by atoms with Crippen molar-refractivity contribution in [2.24, 2.45) is 40.9 Å². The number of carbonyl (C=O) groups is 12. The van der Waals surface area contributed by atoms with Crippen LogP contribution in [0, 0.1) is 40.9 Å². The zero-order valence-corrected chi connectivity index (χ0v) is 65.8. The smallest absolute Gasteiger partial charge is 0.382 e. The molecule has 2 saturated heterocycles. The highest BCUT2D eigenvalue weighted by Gasteiger charge is 2.59. The van der Waals surface area contributed by atoms with Crippen LogP contribution in [0.1, 0.15) is 190 Å². The van der Waals surface area contributed by atoms with E-state index in [1.165, 1.54) is 100 Å². The van der Waals surface area contributed by atoms with Crippen LogP contribution in [0.25, 0.3) is 0 Å². The third-order valence-electron chi connectivity index (χ3n) is 23.8. The number of rotatable bonds is 14. The number of methoxy groups -OCH3 is 2. The predicted octanol–water partition coefficient (Wildman–Crippen LogP) is 5.79. The Bertz CT molecular complexity index is 3080. The first-order valence-electron chi connectivity index (χ1n) is 38.3. The number of fused-ring (bicyclic) bond motifs is 3. The van der Waals surface area contributed by atoms with Crippen LogP contribution >= 0.6 is 0 Å². The molecular weight excluding hydrogens is 1360 g/mol. The molecule has 0 radical (unpaired) electrons. The first kappa shape index (κ1) is 87.0. The van der Waals surface area contributed by atoms with Crippen LogP contribution < -0.4 is 16.0 Å². The fraction of sp³-hybridized carbons (Fsp3) is 0.816. The molecule has 5 fully saturated rings. The quantitative estimate of drug-likeness (QED) is 0.174. The Morgan fingerprint density at radius 3 is 1.89 bits per heavy atom. The van der Waals surface area contributed by atoms with Crippen molar-refractivity contribution >= 4 is 70.9 Å². The largest absolute Gasteiger partial charge is 0.394 e. The standard InChI is InChI=1S/C76H125F3N12O14/c1-18-48(5)63-71(101)85(11)43-62(94)86(12)55-28-24-22-26-38-91(70(55)100)57(39-49-31-29-47(4)30-32-49)69(99)84(10)42-60(92)80-53(36-34-50-33-35-52(76(77,78)79)59(40-50)105-17)67(97)90-37-25-21-23-27-54(90)66(96)82-75(45-74(6,7)46-75)73(103)89(15)64(51(19-2)20-3)72(102)88(14)56(68(98)83(8)9)41-61(93)87(13)58(44-104-16)65(95)81-63/h22,24,47-59,63-64H,18-21,23,25-46H2,1-17H3,(H,80,92)(H,81,95)(H,82,96)/b24-22-/t47?,48-,49?,50?,52?,53-,54-,55-,56-,57-,58-,59?,63-,64-/m0/s1. The molecule has 0 aromatic carbocycles. The highest BCUT2D eigenvalue weighted by atomic mass is 19.4. The molecule has 3 aliphatic carbocycles. The molecule has 12 amide bonds. The van der Waals surface area contributed by atoms with Crippen molar-refractivity contribution in [1.82, 2.24) is 60.0 Å². The van der Waals surface area contributed by atoms with Gasteiger partial charge < -0.3 is 69.5 Å². The summed E-state index contributed by atoms with van der Waals surface area (Å²) in [6, 6.07) is -10.3. The third kappa shape index (κ3) is 21.7. The minimum absolute atomic E-state index is 0.00262. The number of ether oxygens (including phenoxy) is 2. The maximum Gasteiger partial charge on any atom is 0.394 e. The van der Waals surface area contributed by atoms with Gasteiger partial charge in [-0.05, 0) is 112 Å². The molecular formula is C76H125F3N12O14. The normalized spacial score (nSPS) is 30.8. The van der Waals surface area contributed by atoms with E-state index >= 15 is 28.8 Å². The van der Waals surface area contributed by atoms with E-state index < -0.39 is 180 Å². The van der Waals surface area contributed by atoms with E-state index in [1.54, 1.807) is 13.0 Å². The highest BCUT2D eigenvalue weighted by Crippen LogP contribution is 2.50. The average molecular weight is 1490 g/mol. The summed E-state index contributed by atoms with van der Waals surface area (Å²) < 4.78 is 53.9. The van der Waals surface area contributed by atoms with E-state index in [2.05, 4.69) is 22.9 Å². The second-order valence-corrected chi connectivity index (χ2v) is 32.3. The molecule has 3 N–H and O–H groups in total. The molecule has 3 unspecified atom stereocenters. The van der Waals surface area contributed by atoms with Gasteiger partial charge in [0, 0.05) is 83.7 Å². The number of carbonyl (C=O) groups excluding carboxylic acids is 12. The second kappa shape index (κ2) is 38.3. The fourth-order valence-corrected chi connectivity index (χ4v) is 17.1. The van der Waals surface area contributed by atoms with Crippen LogP contribution in [-0.4, -0.2) is 285 Å². The molecule has 0 aromatic rings. The molecule has 3 saturated carbocycles. The molecule has 105 heavy (non-hydrogen) atoms. The van der Waals surface area contributed by atoms with Crippen LogP contribution in [0.5, 0.6) is 0 Å². The number of nitrogens with one attached hydrogen (secondary N) is 3. The van der Waals surface area contributed by atoms with Gasteiger partial charge in [-0.3, -0.25) is 57.5 Å². The maximum atomic E-state index is 15.8. The van der Waals surface area contributed by atoms with Crippen LogP contribution in [0.2, 0.25) is 0 Å². The molecule has 29 heteroatoms. The molecule has 0 aromatic heterocycles. The van der Waals surface area contributed by atoms with E-state index in [4.69, 9.17) is 9.47 Å². The average Bonchev–Trinajstić information content (AvgIpc) is 0.903. The van der Waals surface area contributed by atoms with E-state index in [0.717, 1.165) is 40.4 Å². The lowest BCUT2D eigenvalue weighted by atomic mass is 9.58. The number of likely N-dealkylation sites (N-methyl/N-ethyl adjacent to an activating group) is 7. The van der Waals surface area contributed by atoms with Crippen LogP contribution in [0.3, 0.4) is 0 Å². The van der Waals surface area contributed by atoms with Gasteiger partial charge in [0.1, 0.15) is 53.9 Å². The summed E-state index contributed by atoms with van der Waals surface area (Å²) in [7, 11) is 13.9. The molecule has 594 valence electrons. The van der Waals surface area contributed by atoms with Gasteiger partial charge in [-0.25, -0.2) is 0 Å². The molecule has 3 aliphatic heterocycles. The molecule has 26 nitrogen and oxygen atoms in total. The number of halogens is 3. The Hall–Kier alpha value is -6.91. The lowest BCUT2D eigenvalue weighted by Crippen LogP contribution is -2.72. The molecule has 6 aliphatic rings. The summed E-state index contributed by atoms with van der Waals surface area (Å²) in [4.78, 5) is 193. The van der Waals surface area contributed by atoms with Gasteiger partial charge in [0.2, 0.25) is 70.9 Å². The highest BCUT2D eigenvalue weighted by molar-refractivity contribution is 6.01. The van der Waals surface area contributed by atoms with E-state index in [1.807, 2.05) is 40.7 Å². The Kier molecular flexibility index (Phi) is 31.7. The van der Waals surface area contributed by atoms with Gasteiger partial charge in [-0.1, -0.05) is 118 Å². The van der Waals surface area contributed by atoms with E-state index in [9.17, 15) is 41.9 Å². The van der Waals surface area contributed by atoms with Crippen molar-refractivity contribution in [2.75, 3.05) is 103 Å². The fourth-order valence-electron chi connectivity index (χ4n) is 17.1. The Morgan fingerprint density at radius 1 is 0.657 bits per heavy atom. The predicted molar refractivity (Wildman–Crippen MR) is 388 cm³/mol. The minimum Gasteiger partial charge on any atom is -0.382 e. The summed E-state index contributed by atoms with van der Waals surface area (Å²) in [5, 5.41) is 8.85. The van der Waals surface area contributed by atoms with Gasteiger partial charge in [-0.2, -0.15) is 13.2 Å². The van der Waals surface area contributed by atoms with E-state index in [0.29, 0.717) is 50.9 Å². The Morgan fingerprint density at radius 2 is 1.30 bits per heavy atom. The van der Waals surface area contributed by atoms with Crippen LogP contribution in [-0.2, 0) is 67.0 Å². The van der Waals surface area contributed by atoms with Gasteiger partial charge in [0.05, 0.1) is 38.1 Å². The molecule has 2 bridgehead atoms. The number of alkyl halides is 3. The van der Waals surface area contributed by atoms with Gasteiger partial charge >= 0.3 is 6.18 Å². The SMILES string of the molecule is CCC(CC)[C@H]1C(=O)N(C)[C@H](C(=O)N(C)C)CC(=O)N(C)[C@@H](COC)C(=O)N[C@@H]([C@@H](C)CC)C(=O)N(C)CC(=O)N(C)[C@H]2C/C=C\CCN(C2=O)[C@@H](CC2CCC(C)CC2)C(=O)N(C)CC(=O)N[C@@H](CCC2CCC(C(F)(F)F)C(OC)C2)C(=O)N2CCCCC[C@H]2C(=O)NC2(CC(C)(C)C2)C(=O)N1C. The number of amides is 12. The monoisotopic (exact) mass is 1490 g/mol. The zero-order valence-electron chi connectivity index (χ0n) is 65.8. The maximum absolute atomic E-state index is 15.8. The molecule has 6 rings (SSSR count). The number of nitrogens with zero attached hydrogens (tertiary/aromatic N) is 9. The zero-order chi connectivity index (χ0) is 78.3. The second-order valence-electron chi connectivity index (χ2n) is 32.3. The first-order chi connectivity index (χ1) is 49.3. The van der Waals surface area contributed by atoms with E-state index in [-0.39, 0.29) is 95.7 Å². The molecule has 12 atom stereocenters. The van der Waals surface area contributed by atoms with Gasteiger partial charge in [-0.15, -0.1) is 0 Å². The first-order valence-corrected chi connectivity index (χ1v) is 38.3. The minimum atomic E-state index is -4.51. The molecule has 1 spiro atoms. The summed E-state index contributed by atoms with van der Waals surface area (Å²) in [5.41, 5.74) is -2.15. The summed E-state index contributed by atoms with van der Waals surface area (Å²) >= 11 is 0. The Balaban J connectivity index is 1.48. The lowest BCUT2D eigenvalue weighted by Gasteiger charge is -2.54. The van der Waals surface area contributed by atoms with Crippen LogP contribution in [0.15, 0.2) is 12.2 Å². The third-order valence-corrected chi connectivity index (χ3v) is 23.8. The molecule has 3 heterocycles. The number of hydrogen-bond donors (Lipinski definition) is 3.